The van der Waals surface area contributed by atoms with Gasteiger partial charge in [-0.2, -0.15) is 5.10 Å². The number of aromatic nitrogens is 2. The molecular weight excluding hydrogens is 150 g/mol. The first kappa shape index (κ1) is 6.76. The molecule has 2 rings (SSSR count). The molecule has 2 nitrogen and oxygen atoms in total. The van der Waals surface area contributed by atoms with E-state index >= 15 is 0 Å². The molecule has 1 aromatic rings. The molecule has 0 bridgehead atoms. The molecule has 4 heteroatoms. The van der Waals surface area contributed by atoms with Crippen LogP contribution in [0.25, 0.3) is 0 Å². The summed E-state index contributed by atoms with van der Waals surface area (Å²) in [4.78, 5) is 0. The highest BCUT2D eigenvalue weighted by Gasteiger charge is 2.30. The van der Waals surface area contributed by atoms with Gasteiger partial charge in [0.25, 0.3) is 6.43 Å². The highest BCUT2D eigenvalue weighted by molar-refractivity contribution is 5.24. The normalized spacial score (nSPS) is 17.7. The number of aromatic amines is 1. The van der Waals surface area contributed by atoms with Crippen molar-refractivity contribution in [1.82, 2.24) is 10.2 Å². The number of hydrogen-bond donors (Lipinski definition) is 1. The Balaban J connectivity index is 2.30. The van der Waals surface area contributed by atoms with E-state index in [0.717, 1.165) is 12.8 Å². The quantitative estimate of drug-likeness (QED) is 0.702. The molecule has 1 aliphatic rings. The largest absolute Gasteiger partial charge is 0.282 e. The first-order valence-electron chi connectivity index (χ1n) is 3.60. The summed E-state index contributed by atoms with van der Waals surface area (Å²) in [5.41, 5.74) is 0.715. The van der Waals surface area contributed by atoms with E-state index in [1.54, 1.807) is 0 Å². The maximum atomic E-state index is 12.2. The Kier molecular flexibility index (Phi) is 1.41. The first-order valence-corrected chi connectivity index (χ1v) is 3.60. The predicted molar refractivity (Wildman–Crippen MR) is 35.5 cm³/mol. The van der Waals surface area contributed by atoms with Gasteiger partial charge in [0.2, 0.25) is 0 Å². The Hall–Kier alpha value is -0.930. The van der Waals surface area contributed by atoms with Crippen molar-refractivity contribution in [2.24, 2.45) is 0 Å². The van der Waals surface area contributed by atoms with Crippen molar-refractivity contribution in [2.45, 2.75) is 25.2 Å². The van der Waals surface area contributed by atoms with Gasteiger partial charge in [0.1, 0.15) is 0 Å². The molecule has 1 fully saturated rings. The minimum Gasteiger partial charge on any atom is -0.282 e. The van der Waals surface area contributed by atoms with Gasteiger partial charge in [0, 0.05) is 11.6 Å². The van der Waals surface area contributed by atoms with Crippen LogP contribution in [0.15, 0.2) is 6.20 Å². The van der Waals surface area contributed by atoms with Crippen LogP contribution < -0.4 is 0 Å². The predicted octanol–water partition coefficient (Wildman–Crippen LogP) is 2.22. The van der Waals surface area contributed by atoms with E-state index in [2.05, 4.69) is 10.2 Å². The molecular formula is C7H8F2N2. The molecule has 1 aliphatic carbocycles. The summed E-state index contributed by atoms with van der Waals surface area (Å²) in [5, 5.41) is 6.22. The van der Waals surface area contributed by atoms with Gasteiger partial charge >= 0.3 is 0 Å². The molecule has 1 heterocycles. The lowest BCUT2D eigenvalue weighted by molar-refractivity contribution is 0.150. The van der Waals surface area contributed by atoms with Crippen LogP contribution in [0.5, 0.6) is 0 Å². The molecule has 0 aromatic carbocycles. The van der Waals surface area contributed by atoms with Gasteiger partial charge in [-0.1, -0.05) is 0 Å². The van der Waals surface area contributed by atoms with E-state index in [9.17, 15) is 8.78 Å². The highest BCUT2D eigenvalue weighted by Crippen LogP contribution is 2.42. The number of rotatable bonds is 2. The second kappa shape index (κ2) is 2.29. The zero-order chi connectivity index (χ0) is 7.84. The molecule has 1 saturated carbocycles. The fourth-order valence-electron chi connectivity index (χ4n) is 1.18. The summed E-state index contributed by atoms with van der Waals surface area (Å²) in [5.74, 6) is 0.321. The monoisotopic (exact) mass is 158 g/mol. The van der Waals surface area contributed by atoms with Crippen molar-refractivity contribution in [2.75, 3.05) is 0 Å². The zero-order valence-corrected chi connectivity index (χ0v) is 5.85. The van der Waals surface area contributed by atoms with Crippen LogP contribution in [0.4, 0.5) is 8.78 Å². The zero-order valence-electron chi connectivity index (χ0n) is 5.85. The third-order valence-electron chi connectivity index (χ3n) is 1.92. The second-order valence-corrected chi connectivity index (χ2v) is 2.81. The number of hydrogen-bond acceptors (Lipinski definition) is 1. The number of alkyl halides is 2. The number of halogens is 2. The van der Waals surface area contributed by atoms with Crippen LogP contribution in [-0.4, -0.2) is 10.2 Å². The SMILES string of the molecule is FC(F)c1cn[nH]c1C1CC1. The molecule has 0 radical (unpaired) electrons. The average molecular weight is 158 g/mol. The highest BCUT2D eigenvalue weighted by atomic mass is 19.3. The molecule has 0 atom stereocenters. The fraction of sp³-hybridized carbons (Fsp3) is 0.571. The second-order valence-electron chi connectivity index (χ2n) is 2.81. The van der Waals surface area contributed by atoms with Gasteiger partial charge < -0.3 is 0 Å². The van der Waals surface area contributed by atoms with Crippen molar-refractivity contribution < 1.29 is 8.78 Å². The van der Waals surface area contributed by atoms with Crippen LogP contribution in [0.2, 0.25) is 0 Å². The topological polar surface area (TPSA) is 28.7 Å². The Morgan fingerprint density at radius 2 is 2.27 bits per heavy atom. The molecule has 0 saturated heterocycles. The Morgan fingerprint density at radius 3 is 2.82 bits per heavy atom. The minimum absolute atomic E-state index is 0.0764. The standard InChI is InChI=1S/C7H8F2N2/c8-7(9)5-3-10-11-6(5)4-1-2-4/h3-4,7H,1-2H2,(H,10,11). The lowest BCUT2D eigenvalue weighted by Crippen LogP contribution is -1.88. The first-order chi connectivity index (χ1) is 5.29. The van der Waals surface area contributed by atoms with Gasteiger partial charge in [-0.25, -0.2) is 8.78 Å². The van der Waals surface area contributed by atoms with E-state index < -0.39 is 6.43 Å². The third-order valence-corrected chi connectivity index (χ3v) is 1.92. The van der Waals surface area contributed by atoms with Gasteiger partial charge in [-0.05, 0) is 12.8 Å². The number of nitrogens with one attached hydrogen (secondary N) is 1. The molecule has 0 aliphatic heterocycles. The number of H-pyrrole nitrogens is 1. The molecule has 0 spiro atoms. The molecule has 60 valence electrons. The summed E-state index contributed by atoms with van der Waals surface area (Å²) in [7, 11) is 0. The van der Waals surface area contributed by atoms with Crippen molar-refractivity contribution in [3.8, 4) is 0 Å². The third kappa shape index (κ3) is 1.13. The van der Waals surface area contributed by atoms with Crippen molar-refractivity contribution >= 4 is 0 Å². The molecule has 1 N–H and O–H groups in total. The van der Waals surface area contributed by atoms with Gasteiger partial charge in [0.15, 0.2) is 0 Å². The van der Waals surface area contributed by atoms with Crippen LogP contribution >= 0.6 is 0 Å². The van der Waals surface area contributed by atoms with Crippen molar-refractivity contribution in [1.29, 1.82) is 0 Å². The molecule has 0 unspecified atom stereocenters. The van der Waals surface area contributed by atoms with Crippen LogP contribution in [0.3, 0.4) is 0 Å². The molecule has 1 aromatic heterocycles. The van der Waals surface area contributed by atoms with E-state index in [1.165, 1.54) is 6.20 Å². The Labute approximate surface area is 62.6 Å². The summed E-state index contributed by atoms with van der Waals surface area (Å²) in [6.45, 7) is 0. The average Bonchev–Trinajstić information content (AvgIpc) is 2.68. The molecule has 11 heavy (non-hydrogen) atoms. The molecule has 0 amide bonds. The van der Waals surface area contributed by atoms with E-state index in [0.29, 0.717) is 11.6 Å². The van der Waals surface area contributed by atoms with Crippen LogP contribution in [0.1, 0.15) is 36.4 Å². The van der Waals surface area contributed by atoms with Crippen molar-refractivity contribution in [3.05, 3.63) is 17.5 Å². The van der Waals surface area contributed by atoms with Gasteiger partial charge in [-0.15, -0.1) is 0 Å². The maximum absolute atomic E-state index is 12.2. The minimum atomic E-state index is -2.38. The van der Waals surface area contributed by atoms with Gasteiger partial charge in [-0.3, -0.25) is 5.10 Å². The summed E-state index contributed by atoms with van der Waals surface area (Å²) in [6.07, 6.45) is 0.867. The van der Waals surface area contributed by atoms with Gasteiger partial charge in [0.05, 0.1) is 11.8 Å². The summed E-state index contributed by atoms with van der Waals surface area (Å²) < 4.78 is 24.4. The van der Waals surface area contributed by atoms with Crippen LogP contribution in [-0.2, 0) is 0 Å². The smallest absolute Gasteiger partial charge is 0.267 e. The number of nitrogens with zero attached hydrogens (tertiary/aromatic N) is 1. The fourth-order valence-corrected chi connectivity index (χ4v) is 1.18. The van der Waals surface area contributed by atoms with E-state index in [4.69, 9.17) is 0 Å². The summed E-state index contributed by atoms with van der Waals surface area (Å²) >= 11 is 0. The lowest BCUT2D eigenvalue weighted by atomic mass is 10.2. The lowest BCUT2D eigenvalue weighted by Gasteiger charge is -1.97. The van der Waals surface area contributed by atoms with Crippen molar-refractivity contribution in [3.63, 3.8) is 0 Å². The van der Waals surface area contributed by atoms with E-state index in [-0.39, 0.29) is 5.56 Å². The van der Waals surface area contributed by atoms with Crippen LogP contribution in [0, 0.1) is 0 Å². The summed E-state index contributed by atoms with van der Waals surface area (Å²) in [6, 6.07) is 0. The Bertz CT molecular complexity index is 236. The van der Waals surface area contributed by atoms with E-state index in [1.807, 2.05) is 0 Å². The maximum Gasteiger partial charge on any atom is 0.267 e. The Morgan fingerprint density at radius 1 is 1.55 bits per heavy atom.